The Kier molecular flexibility index (Phi) is 4.48. The normalized spacial score (nSPS) is 18.0. The molecule has 0 saturated heterocycles. The minimum absolute atomic E-state index is 0.229. The molecule has 0 unspecified atom stereocenters. The van der Waals surface area contributed by atoms with Crippen LogP contribution in [0.25, 0.3) is 0 Å². The number of alkyl halides is 3. The van der Waals surface area contributed by atoms with Gasteiger partial charge < -0.3 is 11.1 Å². The van der Waals surface area contributed by atoms with E-state index in [-0.39, 0.29) is 16.2 Å². The van der Waals surface area contributed by atoms with E-state index in [0.29, 0.717) is 11.2 Å². The molecule has 0 aromatic carbocycles. The number of hydrogen-bond acceptors (Lipinski definition) is 4. The molecule has 1 aromatic rings. The van der Waals surface area contributed by atoms with Crippen molar-refractivity contribution in [3.8, 4) is 0 Å². The monoisotopic (exact) mass is 324 g/mol. The molecular weight excluding hydrogens is 309 g/mol. The predicted molar refractivity (Wildman–Crippen MR) is 73.4 cm³/mol. The molecule has 1 aliphatic carbocycles. The molecule has 1 aromatic heterocycles. The van der Waals surface area contributed by atoms with E-state index in [0.717, 1.165) is 31.9 Å². The zero-order valence-electron chi connectivity index (χ0n) is 11.2. The second-order valence-corrected chi connectivity index (χ2v) is 5.64. The fourth-order valence-electron chi connectivity index (χ4n) is 2.55. The quantitative estimate of drug-likeness (QED) is 0.890. The fourth-order valence-corrected chi connectivity index (χ4v) is 2.75. The Morgan fingerprint density at radius 3 is 2.57 bits per heavy atom. The third-order valence-electron chi connectivity index (χ3n) is 3.67. The van der Waals surface area contributed by atoms with Crippen LogP contribution in [0.5, 0.6) is 0 Å². The molecule has 1 heterocycles. The van der Waals surface area contributed by atoms with Gasteiger partial charge in [0.1, 0.15) is 11.6 Å². The Hall–Kier alpha value is -1.28. The molecule has 0 bridgehead atoms. The van der Waals surface area contributed by atoms with Gasteiger partial charge in [0.2, 0.25) is 0 Å². The molecule has 0 aliphatic heterocycles. The Morgan fingerprint density at radius 1 is 1.43 bits per heavy atom. The number of aromatic nitrogens is 2. The Morgan fingerprint density at radius 2 is 2.05 bits per heavy atom. The van der Waals surface area contributed by atoms with Gasteiger partial charge in [0.25, 0.3) is 5.56 Å². The van der Waals surface area contributed by atoms with E-state index in [1.54, 1.807) is 0 Å². The van der Waals surface area contributed by atoms with Crippen molar-refractivity contribution in [2.45, 2.75) is 43.9 Å². The van der Waals surface area contributed by atoms with E-state index in [4.69, 9.17) is 17.3 Å². The number of hydrogen-bond donors (Lipinski definition) is 2. The summed E-state index contributed by atoms with van der Waals surface area (Å²) in [6, 6.07) is 0. The van der Waals surface area contributed by atoms with E-state index in [9.17, 15) is 18.0 Å². The average molecular weight is 325 g/mol. The van der Waals surface area contributed by atoms with Crippen LogP contribution in [-0.4, -0.2) is 28.0 Å². The van der Waals surface area contributed by atoms with Crippen LogP contribution in [0, 0.1) is 0 Å². The molecule has 0 amide bonds. The lowest BCUT2D eigenvalue weighted by atomic mass is 9.97. The van der Waals surface area contributed by atoms with Crippen LogP contribution in [0.4, 0.5) is 18.9 Å². The number of rotatable bonds is 4. The van der Waals surface area contributed by atoms with Crippen LogP contribution < -0.4 is 16.6 Å². The summed E-state index contributed by atoms with van der Waals surface area (Å²) in [6.45, 7) is -1.11. The van der Waals surface area contributed by atoms with Crippen LogP contribution in [0.3, 0.4) is 0 Å². The predicted octanol–water partition coefficient (Wildman–Crippen LogP) is 2.14. The van der Waals surface area contributed by atoms with Gasteiger partial charge in [0.05, 0.1) is 11.9 Å². The SMILES string of the molecule is NCC1(Nc2cnn(CC(F)(F)F)c(=O)c2Cl)CCCC1. The summed E-state index contributed by atoms with van der Waals surface area (Å²) in [7, 11) is 0. The van der Waals surface area contributed by atoms with Gasteiger partial charge in [-0.05, 0) is 12.8 Å². The first-order chi connectivity index (χ1) is 9.76. The van der Waals surface area contributed by atoms with Crippen molar-refractivity contribution >= 4 is 17.3 Å². The number of nitrogens with zero attached hydrogens (tertiary/aromatic N) is 2. The maximum absolute atomic E-state index is 12.3. The van der Waals surface area contributed by atoms with Crippen LogP contribution >= 0.6 is 11.6 Å². The third kappa shape index (κ3) is 3.68. The standard InChI is InChI=1S/C12H16ClF3N4O/c13-9-8(19-11(6-17)3-1-2-4-11)5-18-20(10(9)21)7-12(14,15)16/h5,19H,1-4,6-7,17H2. The lowest BCUT2D eigenvalue weighted by Crippen LogP contribution is -2.43. The largest absolute Gasteiger partial charge is 0.408 e. The summed E-state index contributed by atoms with van der Waals surface area (Å²) in [5.74, 6) is 0. The minimum atomic E-state index is -4.53. The molecule has 0 radical (unpaired) electrons. The van der Waals surface area contributed by atoms with Crippen molar-refractivity contribution in [3.63, 3.8) is 0 Å². The molecule has 1 saturated carbocycles. The summed E-state index contributed by atoms with van der Waals surface area (Å²) in [6.07, 6.45) is 0.266. The highest BCUT2D eigenvalue weighted by Gasteiger charge is 2.34. The van der Waals surface area contributed by atoms with Gasteiger partial charge in [0, 0.05) is 12.1 Å². The molecule has 9 heteroatoms. The molecule has 21 heavy (non-hydrogen) atoms. The van der Waals surface area contributed by atoms with Gasteiger partial charge >= 0.3 is 6.18 Å². The van der Waals surface area contributed by atoms with Crippen molar-refractivity contribution in [1.82, 2.24) is 9.78 Å². The van der Waals surface area contributed by atoms with E-state index in [1.165, 1.54) is 0 Å². The highest BCUT2D eigenvalue weighted by molar-refractivity contribution is 6.32. The number of nitrogens with one attached hydrogen (secondary N) is 1. The topological polar surface area (TPSA) is 72.9 Å². The van der Waals surface area contributed by atoms with Gasteiger partial charge in [-0.15, -0.1) is 0 Å². The van der Waals surface area contributed by atoms with E-state index in [1.807, 2.05) is 0 Å². The first-order valence-corrected chi connectivity index (χ1v) is 6.95. The maximum Gasteiger partial charge on any atom is 0.408 e. The molecular formula is C12H16ClF3N4O. The number of anilines is 1. The van der Waals surface area contributed by atoms with Crippen LogP contribution in [0.2, 0.25) is 5.02 Å². The molecule has 118 valence electrons. The number of nitrogens with two attached hydrogens (primary N) is 1. The van der Waals surface area contributed by atoms with Crippen LogP contribution in [0.15, 0.2) is 11.0 Å². The molecule has 3 N–H and O–H groups in total. The van der Waals surface area contributed by atoms with Gasteiger partial charge in [-0.1, -0.05) is 24.4 Å². The van der Waals surface area contributed by atoms with Crippen molar-refractivity contribution in [1.29, 1.82) is 0 Å². The Bertz CT molecular complexity index is 567. The first-order valence-electron chi connectivity index (χ1n) is 6.57. The summed E-state index contributed by atoms with van der Waals surface area (Å²) >= 11 is 5.88. The maximum atomic E-state index is 12.3. The van der Waals surface area contributed by atoms with Crippen molar-refractivity contribution in [2.24, 2.45) is 5.73 Å². The number of halogens is 4. The fraction of sp³-hybridized carbons (Fsp3) is 0.667. The first kappa shape index (κ1) is 16.1. The van der Waals surface area contributed by atoms with Crippen LogP contribution in [0.1, 0.15) is 25.7 Å². The second kappa shape index (κ2) is 5.84. The van der Waals surface area contributed by atoms with E-state index in [2.05, 4.69) is 10.4 Å². The molecule has 5 nitrogen and oxygen atoms in total. The summed E-state index contributed by atoms with van der Waals surface area (Å²) < 4.78 is 37.3. The van der Waals surface area contributed by atoms with E-state index < -0.39 is 18.3 Å². The molecule has 1 fully saturated rings. The molecule has 0 spiro atoms. The van der Waals surface area contributed by atoms with E-state index >= 15 is 0 Å². The highest BCUT2D eigenvalue weighted by Crippen LogP contribution is 2.33. The smallest absolute Gasteiger partial charge is 0.376 e. The minimum Gasteiger partial charge on any atom is -0.376 e. The zero-order valence-corrected chi connectivity index (χ0v) is 12.0. The van der Waals surface area contributed by atoms with Gasteiger partial charge in [-0.3, -0.25) is 4.79 Å². The van der Waals surface area contributed by atoms with Gasteiger partial charge in [-0.25, -0.2) is 4.68 Å². The zero-order chi connectivity index (χ0) is 15.7. The van der Waals surface area contributed by atoms with Gasteiger partial charge in [0.15, 0.2) is 0 Å². The van der Waals surface area contributed by atoms with Crippen molar-refractivity contribution in [3.05, 3.63) is 21.6 Å². The molecule has 1 aliphatic rings. The van der Waals surface area contributed by atoms with Gasteiger partial charge in [-0.2, -0.15) is 18.3 Å². The molecule has 2 rings (SSSR count). The highest BCUT2D eigenvalue weighted by atomic mass is 35.5. The van der Waals surface area contributed by atoms with Crippen molar-refractivity contribution < 1.29 is 13.2 Å². The Balaban J connectivity index is 2.27. The molecule has 0 atom stereocenters. The van der Waals surface area contributed by atoms with Crippen molar-refractivity contribution in [2.75, 3.05) is 11.9 Å². The summed E-state index contributed by atoms with van der Waals surface area (Å²) in [4.78, 5) is 11.8. The third-order valence-corrected chi connectivity index (χ3v) is 4.03. The Labute approximate surface area is 124 Å². The summed E-state index contributed by atoms with van der Waals surface area (Å²) in [5, 5.41) is 6.32. The average Bonchev–Trinajstić information content (AvgIpc) is 2.86. The lowest BCUT2D eigenvalue weighted by molar-refractivity contribution is -0.143. The summed E-state index contributed by atoms with van der Waals surface area (Å²) in [5.41, 5.74) is 4.65. The van der Waals surface area contributed by atoms with Crippen LogP contribution in [-0.2, 0) is 6.54 Å². The lowest BCUT2D eigenvalue weighted by Gasteiger charge is -2.30. The second-order valence-electron chi connectivity index (χ2n) is 5.27.